The summed E-state index contributed by atoms with van der Waals surface area (Å²) in [5, 5.41) is 9.36. The third kappa shape index (κ3) is 1.42. The molecule has 1 aromatic rings. The lowest BCUT2D eigenvalue weighted by Gasteiger charge is -2.31. The molecule has 0 spiro atoms. The summed E-state index contributed by atoms with van der Waals surface area (Å²) in [6.45, 7) is 1.07. The highest BCUT2D eigenvalue weighted by Gasteiger charge is 2.33. The van der Waals surface area contributed by atoms with Crippen molar-refractivity contribution < 1.29 is 14.2 Å². The first-order valence-electron chi connectivity index (χ1n) is 5.85. The first-order chi connectivity index (χ1) is 8.76. The molecule has 0 aromatic heterocycles. The molecule has 18 heavy (non-hydrogen) atoms. The van der Waals surface area contributed by atoms with Crippen molar-refractivity contribution in [1.82, 2.24) is 4.90 Å². The number of nitriles is 1. The lowest BCUT2D eigenvalue weighted by atomic mass is 9.92. The maximum absolute atomic E-state index is 9.36. The smallest absolute Gasteiger partial charge is 0.231 e. The zero-order valence-electron chi connectivity index (χ0n) is 10.4. The van der Waals surface area contributed by atoms with Gasteiger partial charge in [0, 0.05) is 12.1 Å². The Morgan fingerprint density at radius 1 is 1.50 bits per heavy atom. The topological polar surface area (TPSA) is 54.7 Å². The predicted octanol–water partition coefficient (Wildman–Crippen LogP) is 1.48. The number of ether oxygens (including phenoxy) is 3. The summed E-state index contributed by atoms with van der Waals surface area (Å²) in [4.78, 5) is 2.02. The van der Waals surface area contributed by atoms with Crippen LogP contribution >= 0.6 is 0 Å². The van der Waals surface area contributed by atoms with Crippen LogP contribution in [-0.2, 0) is 6.42 Å². The van der Waals surface area contributed by atoms with Crippen LogP contribution in [0.25, 0.3) is 0 Å². The van der Waals surface area contributed by atoms with E-state index >= 15 is 0 Å². The SMILES string of the molecule is COc1c2c(cc3c1[C@@H](C#N)N(C)CC3)OCO2. The lowest BCUT2D eigenvalue weighted by molar-refractivity contribution is 0.171. The van der Waals surface area contributed by atoms with Gasteiger partial charge in [0.25, 0.3) is 0 Å². The third-order valence-corrected chi connectivity index (χ3v) is 3.52. The standard InChI is InChI=1S/C13H14N2O3/c1-15-4-3-8-5-10-12(18-7-17-10)13(16-2)11(8)9(15)6-14/h5,9H,3-4,7H2,1-2H3/t9-/m1/s1. The highest BCUT2D eigenvalue weighted by atomic mass is 16.7. The van der Waals surface area contributed by atoms with Crippen molar-refractivity contribution in [2.45, 2.75) is 12.5 Å². The van der Waals surface area contributed by atoms with Gasteiger partial charge in [-0.2, -0.15) is 5.26 Å². The molecular formula is C13H14N2O3. The molecule has 0 aliphatic carbocycles. The molecule has 5 nitrogen and oxygen atoms in total. The molecule has 0 saturated heterocycles. The average Bonchev–Trinajstić information content (AvgIpc) is 2.84. The van der Waals surface area contributed by atoms with Crippen molar-refractivity contribution in [2.24, 2.45) is 0 Å². The maximum Gasteiger partial charge on any atom is 0.231 e. The first kappa shape index (κ1) is 11.2. The Morgan fingerprint density at radius 3 is 3.06 bits per heavy atom. The van der Waals surface area contributed by atoms with Gasteiger partial charge in [0.2, 0.25) is 12.5 Å². The molecular weight excluding hydrogens is 232 g/mol. The molecule has 2 heterocycles. The van der Waals surface area contributed by atoms with Gasteiger partial charge in [-0.3, -0.25) is 4.90 Å². The number of fused-ring (bicyclic) bond motifs is 2. The Morgan fingerprint density at radius 2 is 2.33 bits per heavy atom. The minimum atomic E-state index is -0.293. The number of hydrogen-bond donors (Lipinski definition) is 0. The first-order valence-corrected chi connectivity index (χ1v) is 5.85. The summed E-state index contributed by atoms with van der Waals surface area (Å²) in [7, 11) is 3.54. The van der Waals surface area contributed by atoms with Crippen LogP contribution in [0.1, 0.15) is 17.2 Å². The van der Waals surface area contributed by atoms with Gasteiger partial charge in [-0.25, -0.2) is 0 Å². The van der Waals surface area contributed by atoms with Crippen molar-refractivity contribution in [1.29, 1.82) is 5.26 Å². The number of methoxy groups -OCH3 is 1. The Kier molecular flexibility index (Phi) is 2.53. The summed E-state index contributed by atoms with van der Waals surface area (Å²) < 4.78 is 16.3. The van der Waals surface area contributed by atoms with Crippen LogP contribution in [0.5, 0.6) is 17.2 Å². The van der Waals surface area contributed by atoms with E-state index in [1.54, 1.807) is 7.11 Å². The number of benzene rings is 1. The van der Waals surface area contributed by atoms with Gasteiger partial charge >= 0.3 is 0 Å². The van der Waals surface area contributed by atoms with Crippen LogP contribution in [0.2, 0.25) is 0 Å². The fraction of sp³-hybridized carbons (Fsp3) is 0.462. The molecule has 0 saturated carbocycles. The number of hydrogen-bond acceptors (Lipinski definition) is 5. The summed E-state index contributed by atoms with van der Waals surface area (Å²) in [5.41, 5.74) is 2.03. The zero-order chi connectivity index (χ0) is 12.7. The molecule has 94 valence electrons. The second kappa shape index (κ2) is 4.07. The minimum absolute atomic E-state index is 0.210. The van der Waals surface area contributed by atoms with E-state index < -0.39 is 0 Å². The monoisotopic (exact) mass is 246 g/mol. The molecule has 2 aliphatic rings. The minimum Gasteiger partial charge on any atom is -0.492 e. The van der Waals surface area contributed by atoms with E-state index in [-0.39, 0.29) is 12.8 Å². The molecule has 0 unspecified atom stereocenters. The Balaban J connectivity index is 2.23. The number of likely N-dealkylation sites (N-methyl/N-ethyl adjacent to an activating group) is 1. The van der Waals surface area contributed by atoms with Gasteiger partial charge in [-0.05, 0) is 25.1 Å². The van der Waals surface area contributed by atoms with Crippen molar-refractivity contribution in [2.75, 3.05) is 27.5 Å². The van der Waals surface area contributed by atoms with E-state index in [2.05, 4.69) is 6.07 Å². The van der Waals surface area contributed by atoms with Crippen molar-refractivity contribution >= 4 is 0 Å². The predicted molar refractivity (Wildman–Crippen MR) is 63.8 cm³/mol. The molecule has 1 aromatic carbocycles. The summed E-state index contributed by atoms with van der Waals surface area (Å²) in [6.07, 6.45) is 0.886. The van der Waals surface area contributed by atoms with Crippen LogP contribution < -0.4 is 14.2 Å². The van der Waals surface area contributed by atoms with Crippen LogP contribution in [0.15, 0.2) is 6.07 Å². The average molecular weight is 246 g/mol. The summed E-state index contributed by atoms with van der Waals surface area (Å²) in [6, 6.07) is 4.00. The second-order valence-corrected chi connectivity index (χ2v) is 4.48. The van der Waals surface area contributed by atoms with Crippen LogP contribution in [0.3, 0.4) is 0 Å². The molecule has 0 radical (unpaired) electrons. The fourth-order valence-electron chi connectivity index (χ4n) is 2.60. The van der Waals surface area contributed by atoms with Gasteiger partial charge in [-0.15, -0.1) is 0 Å². The Hall–Kier alpha value is -1.93. The maximum atomic E-state index is 9.36. The van der Waals surface area contributed by atoms with E-state index in [1.165, 1.54) is 0 Å². The molecule has 1 atom stereocenters. The van der Waals surface area contributed by atoms with Gasteiger partial charge in [-0.1, -0.05) is 0 Å². The summed E-state index contributed by atoms with van der Waals surface area (Å²) >= 11 is 0. The van der Waals surface area contributed by atoms with Gasteiger partial charge in [0.1, 0.15) is 6.04 Å². The zero-order valence-corrected chi connectivity index (χ0v) is 10.4. The summed E-state index contributed by atoms with van der Waals surface area (Å²) in [5.74, 6) is 1.97. The molecule has 0 bridgehead atoms. The Bertz CT molecular complexity index is 536. The van der Waals surface area contributed by atoms with Crippen molar-refractivity contribution in [3.63, 3.8) is 0 Å². The fourth-order valence-corrected chi connectivity index (χ4v) is 2.60. The van der Waals surface area contributed by atoms with E-state index in [4.69, 9.17) is 14.2 Å². The van der Waals surface area contributed by atoms with Gasteiger partial charge in [0.05, 0.1) is 13.2 Å². The molecule has 5 heteroatoms. The second-order valence-electron chi connectivity index (χ2n) is 4.48. The molecule has 0 N–H and O–H groups in total. The van der Waals surface area contributed by atoms with Gasteiger partial charge < -0.3 is 14.2 Å². The van der Waals surface area contributed by atoms with Crippen LogP contribution in [-0.4, -0.2) is 32.4 Å². The van der Waals surface area contributed by atoms with Crippen LogP contribution in [0, 0.1) is 11.3 Å². The van der Waals surface area contributed by atoms with Gasteiger partial charge in [0.15, 0.2) is 11.5 Å². The van der Waals surface area contributed by atoms with Crippen molar-refractivity contribution in [3.05, 3.63) is 17.2 Å². The third-order valence-electron chi connectivity index (χ3n) is 3.52. The highest BCUT2D eigenvalue weighted by Crippen LogP contribution is 2.49. The highest BCUT2D eigenvalue weighted by molar-refractivity contribution is 5.62. The molecule has 2 aliphatic heterocycles. The largest absolute Gasteiger partial charge is 0.492 e. The quantitative estimate of drug-likeness (QED) is 0.751. The molecule has 0 amide bonds. The van der Waals surface area contributed by atoms with Crippen LogP contribution in [0.4, 0.5) is 0 Å². The normalized spacial score (nSPS) is 21.3. The molecule has 0 fully saturated rings. The van der Waals surface area contributed by atoms with E-state index in [0.717, 1.165) is 24.1 Å². The lowest BCUT2D eigenvalue weighted by Crippen LogP contribution is -2.31. The van der Waals surface area contributed by atoms with E-state index in [9.17, 15) is 5.26 Å². The number of rotatable bonds is 1. The molecule has 3 rings (SSSR count). The van der Waals surface area contributed by atoms with Crippen molar-refractivity contribution in [3.8, 4) is 23.3 Å². The Labute approximate surface area is 105 Å². The van der Waals surface area contributed by atoms with E-state index in [0.29, 0.717) is 17.2 Å². The number of nitrogens with zero attached hydrogens (tertiary/aromatic N) is 2. The van der Waals surface area contributed by atoms with E-state index in [1.807, 2.05) is 18.0 Å².